The van der Waals surface area contributed by atoms with E-state index in [2.05, 4.69) is 20.8 Å². The van der Waals surface area contributed by atoms with E-state index in [-0.39, 0.29) is 0 Å². The van der Waals surface area contributed by atoms with Crippen molar-refractivity contribution >= 4 is 16.9 Å². The Balaban J connectivity index is 1.96. The molecule has 6 heteroatoms. The summed E-state index contributed by atoms with van der Waals surface area (Å²) in [6, 6.07) is 8.32. The van der Waals surface area contributed by atoms with E-state index < -0.39 is 0 Å². The van der Waals surface area contributed by atoms with Gasteiger partial charge in [-0.1, -0.05) is 0 Å². The Labute approximate surface area is 115 Å². The molecule has 1 aliphatic rings. The second kappa shape index (κ2) is 4.00. The number of aromatic amines is 1. The number of anilines is 1. The summed E-state index contributed by atoms with van der Waals surface area (Å²) >= 11 is 0. The maximum Gasteiger partial charge on any atom is 0.159 e. The lowest BCUT2D eigenvalue weighted by Gasteiger charge is -2.06. The first-order valence-electron chi connectivity index (χ1n) is 6.63. The first kappa shape index (κ1) is 11.3. The van der Waals surface area contributed by atoms with E-state index in [9.17, 15) is 0 Å². The molecule has 0 amide bonds. The fourth-order valence-electron chi connectivity index (χ4n) is 2.55. The van der Waals surface area contributed by atoms with Crippen LogP contribution in [0.25, 0.3) is 22.6 Å². The molecule has 3 aromatic rings. The molecule has 1 fully saturated rings. The van der Waals surface area contributed by atoms with Gasteiger partial charge in [0.25, 0.3) is 0 Å². The molecule has 2 aromatic heterocycles. The number of methoxy groups -OCH3 is 1. The summed E-state index contributed by atoms with van der Waals surface area (Å²) in [5, 5.41) is 6.94. The summed E-state index contributed by atoms with van der Waals surface area (Å²) in [7, 11) is 1.66. The van der Waals surface area contributed by atoms with Gasteiger partial charge in [0.05, 0.1) is 18.1 Å². The Morgan fingerprint density at radius 1 is 1.35 bits per heavy atom. The van der Waals surface area contributed by atoms with Crippen LogP contribution in [-0.2, 0) is 0 Å². The topological polar surface area (TPSA) is 81.8 Å². The first-order chi connectivity index (χ1) is 9.76. The highest BCUT2D eigenvalue weighted by Crippen LogP contribution is 2.41. The number of benzene rings is 1. The van der Waals surface area contributed by atoms with Gasteiger partial charge < -0.3 is 15.0 Å². The molecule has 1 saturated carbocycles. The Hall–Kier alpha value is -2.50. The average Bonchev–Trinajstić information content (AvgIpc) is 3.09. The van der Waals surface area contributed by atoms with E-state index in [1.807, 2.05) is 18.2 Å². The van der Waals surface area contributed by atoms with Crippen LogP contribution in [0, 0.1) is 0 Å². The van der Waals surface area contributed by atoms with Gasteiger partial charge >= 0.3 is 0 Å². The van der Waals surface area contributed by atoms with Crippen LogP contribution in [0.5, 0.6) is 5.75 Å². The van der Waals surface area contributed by atoms with Gasteiger partial charge in [-0.05, 0) is 25.0 Å². The quantitative estimate of drug-likeness (QED) is 0.764. The summed E-state index contributed by atoms with van der Waals surface area (Å²) in [6.45, 7) is 0. The Morgan fingerprint density at radius 2 is 2.20 bits per heavy atom. The number of rotatable bonds is 3. The minimum atomic E-state index is 0.479. The highest BCUT2D eigenvalue weighted by atomic mass is 16.5. The molecule has 102 valence electrons. The molecule has 3 N–H and O–H groups in total. The molecular weight excluding hydrogens is 254 g/mol. The number of imidazole rings is 1. The van der Waals surface area contributed by atoms with Gasteiger partial charge in [0.15, 0.2) is 5.82 Å². The second-order valence-electron chi connectivity index (χ2n) is 5.10. The van der Waals surface area contributed by atoms with E-state index in [1.54, 1.807) is 7.11 Å². The molecule has 0 aliphatic heterocycles. The number of H-pyrrole nitrogens is 1. The molecule has 1 aliphatic carbocycles. The average molecular weight is 269 g/mol. The summed E-state index contributed by atoms with van der Waals surface area (Å²) in [6.07, 6.45) is 2.38. The van der Waals surface area contributed by atoms with Crippen LogP contribution < -0.4 is 10.5 Å². The number of nitrogens with one attached hydrogen (secondary N) is 1. The standard InChI is InChI=1S/C14H15N5O/c1-20-9-4-5-12-10(6-9)16-14(19(12)8-2-3-8)11-7-13(15)18-17-11/h4-8H,2-3H2,1H3,(H3,15,17,18). The number of nitrogens with zero attached hydrogens (tertiary/aromatic N) is 3. The molecule has 20 heavy (non-hydrogen) atoms. The van der Waals surface area contributed by atoms with Gasteiger partial charge in [-0.25, -0.2) is 4.98 Å². The summed E-state index contributed by atoms with van der Waals surface area (Å²) in [4.78, 5) is 4.72. The van der Waals surface area contributed by atoms with E-state index in [0.717, 1.165) is 28.3 Å². The zero-order valence-corrected chi connectivity index (χ0v) is 11.1. The van der Waals surface area contributed by atoms with Crippen LogP contribution in [-0.4, -0.2) is 26.9 Å². The maximum atomic E-state index is 5.70. The van der Waals surface area contributed by atoms with Crippen molar-refractivity contribution in [2.75, 3.05) is 12.8 Å². The highest BCUT2D eigenvalue weighted by molar-refractivity contribution is 5.82. The Kier molecular flexibility index (Phi) is 2.26. The van der Waals surface area contributed by atoms with E-state index in [4.69, 9.17) is 15.5 Å². The van der Waals surface area contributed by atoms with Crippen LogP contribution >= 0.6 is 0 Å². The van der Waals surface area contributed by atoms with Gasteiger partial charge in [0.1, 0.15) is 17.3 Å². The zero-order chi connectivity index (χ0) is 13.7. The number of ether oxygens (including phenoxy) is 1. The number of nitrogen functional groups attached to an aromatic ring is 1. The summed E-state index contributed by atoms with van der Waals surface area (Å²) in [5.41, 5.74) is 8.60. The molecule has 1 aromatic carbocycles. The number of nitrogens with two attached hydrogens (primary N) is 1. The van der Waals surface area contributed by atoms with Crippen LogP contribution in [0.15, 0.2) is 24.3 Å². The fourth-order valence-corrected chi connectivity index (χ4v) is 2.55. The van der Waals surface area contributed by atoms with Crippen molar-refractivity contribution in [1.82, 2.24) is 19.7 Å². The highest BCUT2D eigenvalue weighted by Gasteiger charge is 2.29. The van der Waals surface area contributed by atoms with Crippen molar-refractivity contribution in [1.29, 1.82) is 0 Å². The third-order valence-corrected chi connectivity index (χ3v) is 3.65. The molecule has 0 atom stereocenters. The van der Waals surface area contributed by atoms with E-state index in [0.29, 0.717) is 11.9 Å². The normalized spacial score (nSPS) is 14.8. The van der Waals surface area contributed by atoms with Crippen molar-refractivity contribution < 1.29 is 4.74 Å². The lowest BCUT2D eigenvalue weighted by atomic mass is 10.3. The Morgan fingerprint density at radius 3 is 2.85 bits per heavy atom. The number of aromatic nitrogens is 4. The SMILES string of the molecule is COc1ccc2c(c1)nc(-c1cc(N)n[nH]1)n2C1CC1. The van der Waals surface area contributed by atoms with Crippen molar-refractivity contribution in [3.63, 3.8) is 0 Å². The molecule has 6 nitrogen and oxygen atoms in total. The van der Waals surface area contributed by atoms with Gasteiger partial charge in [-0.15, -0.1) is 0 Å². The van der Waals surface area contributed by atoms with Gasteiger partial charge in [0.2, 0.25) is 0 Å². The minimum Gasteiger partial charge on any atom is -0.497 e. The van der Waals surface area contributed by atoms with Crippen molar-refractivity contribution in [3.05, 3.63) is 24.3 Å². The third kappa shape index (κ3) is 1.65. The predicted molar refractivity (Wildman–Crippen MR) is 76.6 cm³/mol. The minimum absolute atomic E-state index is 0.479. The number of hydrogen-bond acceptors (Lipinski definition) is 4. The fraction of sp³-hybridized carbons (Fsp3) is 0.286. The summed E-state index contributed by atoms with van der Waals surface area (Å²) in [5.74, 6) is 2.18. The van der Waals surface area contributed by atoms with Crippen LogP contribution in [0.3, 0.4) is 0 Å². The van der Waals surface area contributed by atoms with Crippen molar-refractivity contribution in [2.24, 2.45) is 0 Å². The molecule has 4 rings (SSSR count). The van der Waals surface area contributed by atoms with Gasteiger partial charge in [-0.3, -0.25) is 5.10 Å². The van der Waals surface area contributed by atoms with Crippen LogP contribution in [0.2, 0.25) is 0 Å². The van der Waals surface area contributed by atoms with Gasteiger partial charge in [0, 0.05) is 18.2 Å². The summed E-state index contributed by atoms with van der Waals surface area (Å²) < 4.78 is 7.53. The van der Waals surface area contributed by atoms with Crippen LogP contribution in [0.4, 0.5) is 5.82 Å². The molecule has 2 heterocycles. The molecule has 0 saturated heterocycles. The van der Waals surface area contributed by atoms with Crippen molar-refractivity contribution in [3.8, 4) is 17.3 Å². The lowest BCUT2D eigenvalue weighted by Crippen LogP contribution is -1.97. The van der Waals surface area contributed by atoms with Crippen LogP contribution in [0.1, 0.15) is 18.9 Å². The smallest absolute Gasteiger partial charge is 0.159 e. The number of hydrogen-bond donors (Lipinski definition) is 2. The maximum absolute atomic E-state index is 5.70. The molecule has 0 unspecified atom stereocenters. The first-order valence-corrected chi connectivity index (χ1v) is 6.63. The molecule has 0 bridgehead atoms. The monoisotopic (exact) mass is 269 g/mol. The van der Waals surface area contributed by atoms with E-state index in [1.165, 1.54) is 12.8 Å². The zero-order valence-electron chi connectivity index (χ0n) is 11.1. The lowest BCUT2D eigenvalue weighted by molar-refractivity contribution is 0.415. The largest absolute Gasteiger partial charge is 0.497 e. The van der Waals surface area contributed by atoms with Crippen molar-refractivity contribution in [2.45, 2.75) is 18.9 Å². The Bertz CT molecular complexity index is 784. The van der Waals surface area contributed by atoms with E-state index >= 15 is 0 Å². The molecule has 0 radical (unpaired) electrons. The third-order valence-electron chi connectivity index (χ3n) is 3.65. The second-order valence-corrected chi connectivity index (χ2v) is 5.10. The molecule has 0 spiro atoms. The molecular formula is C14H15N5O. The predicted octanol–water partition coefficient (Wildman–Crippen LogP) is 2.35. The number of fused-ring (bicyclic) bond motifs is 1. The van der Waals surface area contributed by atoms with Gasteiger partial charge in [-0.2, -0.15) is 5.10 Å².